The van der Waals surface area contributed by atoms with Crippen LogP contribution in [0.1, 0.15) is 0 Å². The minimum atomic E-state index is -0.630. The predicted molar refractivity (Wildman–Crippen MR) is 103 cm³/mol. The van der Waals surface area contributed by atoms with Crippen LogP contribution in [0.4, 0.5) is 22.7 Å². The Morgan fingerprint density at radius 3 is 2.43 bits per heavy atom. The molecule has 0 radical (unpaired) electrons. The van der Waals surface area contributed by atoms with Gasteiger partial charge in [-0.25, -0.2) is 0 Å². The molecule has 0 saturated heterocycles. The van der Waals surface area contributed by atoms with E-state index in [1.54, 1.807) is 24.3 Å². The second-order valence-electron chi connectivity index (χ2n) is 5.66. The maximum absolute atomic E-state index is 11.7. The maximum atomic E-state index is 11.7. The standard InChI is InChI=1S/C19H14N4O5/c1-2-18(25)20-14-10-16(19(26)13-6-4-3-5-12(13)14)22-21-15-9-11(23(27)28)7-8-17(15)24/h2-10,24,26H,1H2,(H,20,25). The van der Waals surface area contributed by atoms with E-state index in [1.165, 1.54) is 6.07 Å². The summed E-state index contributed by atoms with van der Waals surface area (Å²) in [5.41, 5.74) is -0.0358. The van der Waals surface area contributed by atoms with E-state index in [2.05, 4.69) is 22.1 Å². The highest BCUT2D eigenvalue weighted by Crippen LogP contribution is 2.41. The SMILES string of the molecule is C=CC(=O)Nc1cc(N=Nc2cc([N+](=O)[O-])ccc2O)c(O)c2ccccc12. The van der Waals surface area contributed by atoms with Crippen LogP contribution in [0.5, 0.6) is 11.5 Å². The van der Waals surface area contributed by atoms with Crippen LogP contribution in [-0.2, 0) is 4.79 Å². The normalized spacial score (nSPS) is 10.9. The highest BCUT2D eigenvalue weighted by Gasteiger charge is 2.14. The predicted octanol–water partition coefficient (Wildman–Crippen LogP) is 4.70. The number of fused-ring (bicyclic) bond motifs is 1. The third kappa shape index (κ3) is 3.63. The molecule has 9 heteroatoms. The number of nitro benzene ring substituents is 1. The maximum Gasteiger partial charge on any atom is 0.271 e. The number of hydrogen-bond donors (Lipinski definition) is 3. The Hall–Kier alpha value is -4.27. The number of nitrogens with zero attached hydrogens (tertiary/aromatic N) is 3. The minimum Gasteiger partial charge on any atom is -0.506 e. The van der Waals surface area contributed by atoms with Crippen LogP contribution < -0.4 is 5.32 Å². The summed E-state index contributed by atoms with van der Waals surface area (Å²) in [6.45, 7) is 3.40. The molecule has 0 heterocycles. The van der Waals surface area contributed by atoms with E-state index in [1.807, 2.05) is 0 Å². The van der Waals surface area contributed by atoms with Gasteiger partial charge in [-0.3, -0.25) is 14.9 Å². The van der Waals surface area contributed by atoms with E-state index >= 15 is 0 Å². The summed E-state index contributed by atoms with van der Waals surface area (Å²) in [5.74, 6) is -0.953. The smallest absolute Gasteiger partial charge is 0.271 e. The van der Waals surface area contributed by atoms with Gasteiger partial charge in [-0.15, -0.1) is 10.2 Å². The average molecular weight is 378 g/mol. The number of nitro groups is 1. The van der Waals surface area contributed by atoms with Gasteiger partial charge in [-0.05, 0) is 18.2 Å². The molecule has 28 heavy (non-hydrogen) atoms. The summed E-state index contributed by atoms with van der Waals surface area (Å²) < 4.78 is 0. The Bertz CT molecular complexity index is 1140. The van der Waals surface area contributed by atoms with Gasteiger partial charge in [0.25, 0.3) is 5.69 Å². The molecular weight excluding hydrogens is 364 g/mol. The van der Waals surface area contributed by atoms with Crippen LogP contribution in [0.3, 0.4) is 0 Å². The third-order valence-electron chi connectivity index (χ3n) is 3.87. The number of rotatable bonds is 5. The average Bonchev–Trinajstić information content (AvgIpc) is 2.69. The molecule has 0 fully saturated rings. The molecule has 0 aliphatic heterocycles. The van der Waals surface area contributed by atoms with Crippen molar-refractivity contribution in [2.24, 2.45) is 10.2 Å². The summed E-state index contributed by atoms with van der Waals surface area (Å²) in [6, 6.07) is 11.5. The first-order chi connectivity index (χ1) is 13.4. The van der Waals surface area contributed by atoms with Gasteiger partial charge in [0.1, 0.15) is 17.1 Å². The molecule has 3 aromatic rings. The van der Waals surface area contributed by atoms with Gasteiger partial charge >= 0.3 is 0 Å². The summed E-state index contributed by atoms with van der Waals surface area (Å²) in [4.78, 5) is 22.0. The molecular formula is C19H14N4O5. The molecule has 140 valence electrons. The number of anilines is 1. The molecule has 3 aromatic carbocycles. The van der Waals surface area contributed by atoms with Crippen LogP contribution in [0, 0.1) is 10.1 Å². The molecule has 0 spiro atoms. The number of aromatic hydroxyl groups is 2. The fourth-order valence-electron chi connectivity index (χ4n) is 2.52. The Kier molecular flexibility index (Phi) is 4.99. The number of non-ortho nitro benzene ring substituents is 1. The molecule has 9 nitrogen and oxygen atoms in total. The molecule has 1 amide bonds. The van der Waals surface area contributed by atoms with Crippen molar-refractivity contribution in [2.45, 2.75) is 0 Å². The second-order valence-corrected chi connectivity index (χ2v) is 5.66. The van der Waals surface area contributed by atoms with Crippen LogP contribution in [-0.4, -0.2) is 21.0 Å². The molecule has 0 saturated carbocycles. The van der Waals surface area contributed by atoms with Gasteiger partial charge in [-0.2, -0.15) is 0 Å². The Balaban J connectivity index is 2.11. The highest BCUT2D eigenvalue weighted by atomic mass is 16.6. The topological polar surface area (TPSA) is 137 Å². The summed E-state index contributed by atoms with van der Waals surface area (Å²) in [6.07, 6.45) is 1.10. The van der Waals surface area contributed by atoms with E-state index in [0.717, 1.165) is 24.3 Å². The number of benzene rings is 3. The zero-order valence-corrected chi connectivity index (χ0v) is 14.4. The number of carbonyl (C=O) groups excluding carboxylic acids is 1. The van der Waals surface area contributed by atoms with E-state index in [0.29, 0.717) is 16.5 Å². The fourth-order valence-corrected chi connectivity index (χ4v) is 2.52. The first-order valence-electron chi connectivity index (χ1n) is 7.98. The molecule has 3 rings (SSSR count). The van der Waals surface area contributed by atoms with Crippen molar-refractivity contribution in [1.29, 1.82) is 0 Å². The summed E-state index contributed by atoms with van der Waals surface area (Å²) in [7, 11) is 0. The molecule has 0 atom stereocenters. The Morgan fingerprint density at radius 2 is 1.75 bits per heavy atom. The van der Waals surface area contributed by atoms with E-state index in [9.17, 15) is 25.1 Å². The van der Waals surface area contributed by atoms with Crippen molar-refractivity contribution >= 4 is 39.4 Å². The first kappa shape index (κ1) is 18.5. The number of hydrogen-bond acceptors (Lipinski definition) is 7. The quantitative estimate of drug-likeness (QED) is 0.194. The van der Waals surface area contributed by atoms with Gasteiger partial charge in [0.2, 0.25) is 5.91 Å². The molecule has 0 aromatic heterocycles. The van der Waals surface area contributed by atoms with Crippen molar-refractivity contribution in [3.63, 3.8) is 0 Å². The summed E-state index contributed by atoms with van der Waals surface area (Å²) in [5, 5.41) is 42.5. The molecule has 0 aliphatic rings. The minimum absolute atomic E-state index is 0.00367. The van der Waals surface area contributed by atoms with Gasteiger partial charge in [0.15, 0.2) is 5.75 Å². The van der Waals surface area contributed by atoms with Crippen LogP contribution in [0.25, 0.3) is 10.8 Å². The van der Waals surface area contributed by atoms with Crippen LogP contribution in [0.2, 0.25) is 0 Å². The summed E-state index contributed by atoms with van der Waals surface area (Å²) >= 11 is 0. The zero-order valence-electron chi connectivity index (χ0n) is 14.4. The van der Waals surface area contributed by atoms with E-state index < -0.39 is 10.8 Å². The number of azo groups is 1. The number of amides is 1. The van der Waals surface area contributed by atoms with Crippen molar-refractivity contribution in [1.82, 2.24) is 0 Å². The third-order valence-corrected chi connectivity index (χ3v) is 3.87. The van der Waals surface area contributed by atoms with Gasteiger partial charge in [0.05, 0.1) is 10.6 Å². The van der Waals surface area contributed by atoms with Crippen molar-refractivity contribution in [2.75, 3.05) is 5.32 Å². The number of phenolic OH excluding ortho intramolecular Hbond substituents is 2. The fraction of sp³-hybridized carbons (Fsp3) is 0. The lowest BCUT2D eigenvalue weighted by atomic mass is 10.1. The van der Waals surface area contributed by atoms with E-state index in [4.69, 9.17) is 0 Å². The lowest BCUT2D eigenvalue weighted by Crippen LogP contribution is -2.07. The largest absolute Gasteiger partial charge is 0.506 e. The second kappa shape index (κ2) is 7.54. The number of nitrogens with one attached hydrogen (secondary N) is 1. The van der Waals surface area contributed by atoms with Crippen molar-refractivity contribution in [3.05, 3.63) is 71.3 Å². The molecule has 0 unspecified atom stereocenters. The Morgan fingerprint density at radius 1 is 1.07 bits per heavy atom. The number of phenols is 2. The van der Waals surface area contributed by atoms with Crippen LogP contribution in [0.15, 0.2) is 71.4 Å². The Labute approximate surface area is 158 Å². The van der Waals surface area contributed by atoms with Crippen molar-refractivity contribution in [3.8, 4) is 11.5 Å². The first-order valence-corrected chi connectivity index (χ1v) is 7.98. The van der Waals surface area contributed by atoms with Crippen LogP contribution >= 0.6 is 0 Å². The molecule has 3 N–H and O–H groups in total. The van der Waals surface area contributed by atoms with Gasteiger partial charge < -0.3 is 15.5 Å². The monoisotopic (exact) mass is 378 g/mol. The van der Waals surface area contributed by atoms with Gasteiger partial charge in [0, 0.05) is 22.9 Å². The van der Waals surface area contributed by atoms with E-state index in [-0.39, 0.29) is 28.6 Å². The lowest BCUT2D eigenvalue weighted by molar-refractivity contribution is -0.384. The lowest BCUT2D eigenvalue weighted by Gasteiger charge is -2.10. The highest BCUT2D eigenvalue weighted by molar-refractivity contribution is 6.09. The molecule has 0 aliphatic carbocycles. The number of carbonyl (C=O) groups is 1. The molecule has 0 bridgehead atoms. The zero-order chi connectivity index (χ0) is 20.3. The van der Waals surface area contributed by atoms with Crippen molar-refractivity contribution < 1.29 is 19.9 Å². The van der Waals surface area contributed by atoms with Gasteiger partial charge in [-0.1, -0.05) is 30.8 Å².